The van der Waals surface area contributed by atoms with Crippen molar-refractivity contribution in [3.8, 4) is 0 Å². The maximum atomic E-state index is 4.61. The lowest BCUT2D eigenvalue weighted by Crippen LogP contribution is -2.39. The van der Waals surface area contributed by atoms with Gasteiger partial charge in [-0.05, 0) is 32.9 Å². The average molecular weight is 277 g/mol. The molecule has 0 spiro atoms. The van der Waals surface area contributed by atoms with E-state index in [1.807, 2.05) is 7.05 Å². The summed E-state index contributed by atoms with van der Waals surface area (Å²) in [5.41, 5.74) is 1.23. The van der Waals surface area contributed by atoms with Crippen LogP contribution in [0.25, 0.3) is 0 Å². The van der Waals surface area contributed by atoms with E-state index < -0.39 is 0 Å². The van der Waals surface area contributed by atoms with E-state index in [-0.39, 0.29) is 0 Å². The summed E-state index contributed by atoms with van der Waals surface area (Å²) in [7, 11) is 4.12. The van der Waals surface area contributed by atoms with Gasteiger partial charge in [-0.1, -0.05) is 13.8 Å². The Morgan fingerprint density at radius 3 is 2.70 bits per heavy atom. The predicted molar refractivity (Wildman–Crippen MR) is 84.6 cm³/mol. The molecule has 1 N–H and O–H groups in total. The van der Waals surface area contributed by atoms with E-state index in [9.17, 15) is 0 Å². The molecule has 1 aliphatic rings. The van der Waals surface area contributed by atoms with Crippen molar-refractivity contribution in [1.29, 1.82) is 0 Å². The lowest BCUT2D eigenvalue weighted by molar-refractivity contribution is 0.337. The Kier molecular flexibility index (Phi) is 4.81. The molecule has 5 nitrogen and oxygen atoms in total. The van der Waals surface area contributed by atoms with Crippen LogP contribution in [0.2, 0.25) is 0 Å². The van der Waals surface area contributed by atoms with Gasteiger partial charge in [0.05, 0.1) is 0 Å². The molecule has 0 amide bonds. The first-order valence-corrected chi connectivity index (χ1v) is 7.52. The van der Waals surface area contributed by atoms with Gasteiger partial charge in [0.1, 0.15) is 18.0 Å². The summed E-state index contributed by atoms with van der Waals surface area (Å²) >= 11 is 0. The smallest absolute Gasteiger partial charge is 0.137 e. The Morgan fingerprint density at radius 2 is 2.05 bits per heavy atom. The van der Waals surface area contributed by atoms with E-state index in [2.05, 4.69) is 52.9 Å². The SMILES string of the molecule is CNc1ncnc(N2CCCN(C)CC2C)c1C(C)C. The van der Waals surface area contributed by atoms with Crippen LogP contribution in [0.4, 0.5) is 11.6 Å². The monoisotopic (exact) mass is 277 g/mol. The summed E-state index contributed by atoms with van der Waals surface area (Å²) in [4.78, 5) is 13.8. The van der Waals surface area contributed by atoms with Crippen LogP contribution in [0.15, 0.2) is 6.33 Å². The molecule has 1 aromatic rings. The van der Waals surface area contributed by atoms with Crippen LogP contribution < -0.4 is 10.2 Å². The van der Waals surface area contributed by atoms with E-state index in [1.54, 1.807) is 6.33 Å². The Hall–Kier alpha value is -1.36. The fourth-order valence-corrected chi connectivity index (χ4v) is 3.03. The van der Waals surface area contributed by atoms with Gasteiger partial charge in [-0.15, -0.1) is 0 Å². The zero-order valence-electron chi connectivity index (χ0n) is 13.3. The van der Waals surface area contributed by atoms with Crippen molar-refractivity contribution < 1.29 is 0 Å². The summed E-state index contributed by atoms with van der Waals surface area (Å²) in [5.74, 6) is 2.46. The Morgan fingerprint density at radius 1 is 1.30 bits per heavy atom. The van der Waals surface area contributed by atoms with Gasteiger partial charge < -0.3 is 15.1 Å². The van der Waals surface area contributed by atoms with Crippen molar-refractivity contribution in [3.63, 3.8) is 0 Å². The zero-order valence-corrected chi connectivity index (χ0v) is 13.3. The van der Waals surface area contributed by atoms with Gasteiger partial charge >= 0.3 is 0 Å². The maximum absolute atomic E-state index is 4.61. The molecule has 1 fully saturated rings. The second-order valence-electron chi connectivity index (χ2n) is 6.02. The van der Waals surface area contributed by atoms with E-state index in [0.717, 1.165) is 31.3 Å². The van der Waals surface area contributed by atoms with Gasteiger partial charge in [0.25, 0.3) is 0 Å². The molecule has 1 saturated heterocycles. The highest BCUT2D eigenvalue weighted by Crippen LogP contribution is 2.32. The van der Waals surface area contributed by atoms with E-state index in [0.29, 0.717) is 12.0 Å². The van der Waals surface area contributed by atoms with Crippen LogP contribution >= 0.6 is 0 Å². The lowest BCUT2D eigenvalue weighted by atomic mass is 10.0. The Labute approximate surface area is 122 Å². The topological polar surface area (TPSA) is 44.3 Å². The van der Waals surface area contributed by atoms with Crippen LogP contribution in [0.5, 0.6) is 0 Å². The largest absolute Gasteiger partial charge is 0.373 e. The fourth-order valence-electron chi connectivity index (χ4n) is 3.03. The molecule has 2 rings (SSSR count). The molecule has 0 aliphatic carbocycles. The van der Waals surface area contributed by atoms with Crippen molar-refractivity contribution >= 4 is 11.6 Å². The number of anilines is 2. The molecule has 2 heterocycles. The van der Waals surface area contributed by atoms with Crippen LogP contribution in [-0.4, -0.2) is 54.6 Å². The number of likely N-dealkylation sites (N-methyl/N-ethyl adjacent to an activating group) is 1. The minimum atomic E-state index is 0.404. The average Bonchev–Trinajstić information content (AvgIpc) is 2.58. The fraction of sp³-hybridized carbons (Fsp3) is 0.733. The second kappa shape index (κ2) is 6.39. The first-order chi connectivity index (χ1) is 9.54. The van der Waals surface area contributed by atoms with Crippen LogP contribution in [0, 0.1) is 0 Å². The van der Waals surface area contributed by atoms with Crippen molar-refractivity contribution in [3.05, 3.63) is 11.9 Å². The third-order valence-electron chi connectivity index (χ3n) is 4.00. The Bertz CT molecular complexity index is 446. The van der Waals surface area contributed by atoms with Crippen LogP contribution in [0.3, 0.4) is 0 Å². The van der Waals surface area contributed by atoms with E-state index in [4.69, 9.17) is 0 Å². The van der Waals surface area contributed by atoms with Crippen molar-refractivity contribution in [2.24, 2.45) is 0 Å². The molecule has 20 heavy (non-hydrogen) atoms. The van der Waals surface area contributed by atoms with Crippen LogP contribution in [-0.2, 0) is 0 Å². The van der Waals surface area contributed by atoms with Crippen molar-refractivity contribution in [2.45, 2.75) is 39.2 Å². The van der Waals surface area contributed by atoms with E-state index >= 15 is 0 Å². The first kappa shape index (κ1) is 15.0. The molecule has 0 radical (unpaired) electrons. The minimum Gasteiger partial charge on any atom is -0.373 e. The lowest BCUT2D eigenvalue weighted by Gasteiger charge is -2.31. The summed E-state index contributed by atoms with van der Waals surface area (Å²) in [6, 6.07) is 0.472. The zero-order chi connectivity index (χ0) is 14.7. The molecule has 1 atom stereocenters. The van der Waals surface area contributed by atoms with Gasteiger partial charge in [-0.25, -0.2) is 9.97 Å². The number of hydrogen-bond donors (Lipinski definition) is 1. The molecule has 1 unspecified atom stereocenters. The number of rotatable bonds is 3. The first-order valence-electron chi connectivity index (χ1n) is 7.52. The van der Waals surface area contributed by atoms with Gasteiger partial charge in [-0.2, -0.15) is 0 Å². The molecule has 5 heteroatoms. The quantitative estimate of drug-likeness (QED) is 0.917. The molecule has 0 aromatic carbocycles. The van der Waals surface area contributed by atoms with Gasteiger partial charge in [-0.3, -0.25) is 0 Å². The highest BCUT2D eigenvalue weighted by molar-refractivity contribution is 5.60. The summed E-state index contributed by atoms with van der Waals surface area (Å²) < 4.78 is 0. The predicted octanol–water partition coefficient (Wildman–Crippen LogP) is 2.17. The molecule has 1 aromatic heterocycles. The summed E-state index contributed by atoms with van der Waals surface area (Å²) in [6.45, 7) is 9.99. The molecule has 0 bridgehead atoms. The van der Waals surface area contributed by atoms with Gasteiger partial charge in [0.2, 0.25) is 0 Å². The van der Waals surface area contributed by atoms with Crippen molar-refractivity contribution in [1.82, 2.24) is 14.9 Å². The maximum Gasteiger partial charge on any atom is 0.137 e. The third-order valence-corrected chi connectivity index (χ3v) is 4.00. The summed E-state index contributed by atoms with van der Waals surface area (Å²) in [5, 5.41) is 3.21. The molecule has 1 aliphatic heterocycles. The Balaban J connectivity index is 2.40. The molecular weight excluding hydrogens is 250 g/mol. The highest BCUT2D eigenvalue weighted by atomic mass is 15.3. The van der Waals surface area contributed by atoms with Gasteiger partial charge in [0.15, 0.2) is 0 Å². The number of nitrogens with zero attached hydrogens (tertiary/aromatic N) is 4. The normalized spacial score (nSPS) is 21.1. The third kappa shape index (κ3) is 3.03. The number of aromatic nitrogens is 2. The molecule has 0 saturated carbocycles. The molecular formula is C15H27N5. The molecule has 112 valence electrons. The second-order valence-corrected chi connectivity index (χ2v) is 6.02. The number of nitrogens with one attached hydrogen (secondary N) is 1. The van der Waals surface area contributed by atoms with Gasteiger partial charge in [0, 0.05) is 31.7 Å². The highest BCUT2D eigenvalue weighted by Gasteiger charge is 2.25. The number of hydrogen-bond acceptors (Lipinski definition) is 5. The van der Waals surface area contributed by atoms with Crippen molar-refractivity contribution in [2.75, 3.05) is 43.9 Å². The summed E-state index contributed by atoms with van der Waals surface area (Å²) in [6.07, 6.45) is 2.85. The van der Waals surface area contributed by atoms with Crippen LogP contribution in [0.1, 0.15) is 38.7 Å². The minimum absolute atomic E-state index is 0.404. The standard InChI is InChI=1S/C15H27N5/c1-11(2)13-14(16-4)17-10-18-15(13)20-8-6-7-19(5)9-12(20)3/h10-12H,6-9H2,1-5H3,(H,16,17,18). The van der Waals surface area contributed by atoms with E-state index in [1.165, 1.54) is 12.0 Å².